The Labute approximate surface area is 191 Å². The number of halogens is 1. The van der Waals surface area contributed by atoms with Crippen molar-refractivity contribution in [3.05, 3.63) is 64.2 Å². The van der Waals surface area contributed by atoms with Gasteiger partial charge < -0.3 is 35.0 Å². The molecule has 2 aromatic rings. The highest BCUT2D eigenvalue weighted by atomic mass is 35.5. The lowest BCUT2D eigenvalue weighted by Gasteiger charge is -2.31. The first kappa shape index (κ1) is 26.1. The SMILES string of the molecule is CCOc1ccc(Cc2cc([C@H](OC(C)=O)[C@H](O)[C@@H](O)[C@H](O)[C@@H](O)CO)ccc2Cl)cc1. The summed E-state index contributed by atoms with van der Waals surface area (Å²) in [7, 11) is 0. The molecule has 0 fully saturated rings. The molecule has 0 aliphatic carbocycles. The van der Waals surface area contributed by atoms with Gasteiger partial charge in [-0.25, -0.2) is 0 Å². The zero-order chi connectivity index (χ0) is 23.8. The zero-order valence-electron chi connectivity index (χ0n) is 17.9. The van der Waals surface area contributed by atoms with Crippen LogP contribution in [0.4, 0.5) is 0 Å². The van der Waals surface area contributed by atoms with Gasteiger partial charge in [0.15, 0.2) is 6.10 Å². The van der Waals surface area contributed by atoms with E-state index < -0.39 is 43.1 Å². The molecule has 8 nitrogen and oxygen atoms in total. The standard InChI is InChI=1S/C23H29ClO8/c1-3-31-17-7-4-14(5-8-17)10-16-11-15(6-9-18(16)24)23(32-13(2)26)22(30)21(29)20(28)19(27)12-25/h4-9,11,19-23,25,27-30H,3,10,12H2,1-2H3/t19-,20+,21-,22+,23-/m0/s1. The summed E-state index contributed by atoms with van der Waals surface area (Å²) in [6.45, 7) is 2.77. The average molecular weight is 469 g/mol. The summed E-state index contributed by atoms with van der Waals surface area (Å²) in [6.07, 6.45) is -8.13. The maximum absolute atomic E-state index is 11.6. The number of carbonyl (C=O) groups is 1. The fraction of sp³-hybridized carbons (Fsp3) is 0.435. The third-order valence-electron chi connectivity index (χ3n) is 4.91. The van der Waals surface area contributed by atoms with Crippen LogP contribution in [0.2, 0.25) is 5.02 Å². The van der Waals surface area contributed by atoms with E-state index >= 15 is 0 Å². The van der Waals surface area contributed by atoms with Gasteiger partial charge in [0.1, 0.15) is 30.2 Å². The molecule has 0 radical (unpaired) electrons. The van der Waals surface area contributed by atoms with Gasteiger partial charge in [0, 0.05) is 11.9 Å². The molecular weight excluding hydrogens is 440 g/mol. The molecule has 0 unspecified atom stereocenters. The van der Waals surface area contributed by atoms with Gasteiger partial charge in [-0.15, -0.1) is 0 Å². The molecule has 0 aliphatic rings. The quantitative estimate of drug-likeness (QED) is 0.312. The molecule has 9 heteroatoms. The number of aliphatic hydroxyl groups is 5. The van der Waals surface area contributed by atoms with E-state index in [1.54, 1.807) is 12.1 Å². The third kappa shape index (κ3) is 6.90. The summed E-state index contributed by atoms with van der Waals surface area (Å²) in [5.74, 6) is 0.0215. The molecule has 176 valence electrons. The summed E-state index contributed by atoms with van der Waals surface area (Å²) < 4.78 is 10.6. The maximum atomic E-state index is 11.6. The molecular formula is C23H29ClO8. The van der Waals surface area contributed by atoms with Crippen molar-refractivity contribution in [2.45, 2.75) is 50.8 Å². The van der Waals surface area contributed by atoms with Crippen LogP contribution < -0.4 is 4.74 Å². The van der Waals surface area contributed by atoms with E-state index in [4.69, 9.17) is 26.2 Å². The number of rotatable bonds is 11. The second-order valence-electron chi connectivity index (χ2n) is 7.36. The monoisotopic (exact) mass is 468 g/mol. The fourth-order valence-corrected chi connectivity index (χ4v) is 3.41. The first-order valence-electron chi connectivity index (χ1n) is 10.2. The second kappa shape index (κ2) is 12.2. The number of ether oxygens (including phenoxy) is 2. The lowest BCUT2D eigenvalue weighted by atomic mass is 9.93. The third-order valence-corrected chi connectivity index (χ3v) is 5.28. The van der Waals surface area contributed by atoms with E-state index in [-0.39, 0.29) is 0 Å². The van der Waals surface area contributed by atoms with Crippen molar-refractivity contribution in [2.75, 3.05) is 13.2 Å². The number of benzene rings is 2. The van der Waals surface area contributed by atoms with Crippen LogP contribution in [0.3, 0.4) is 0 Å². The molecule has 0 saturated carbocycles. The molecule has 0 bridgehead atoms. The van der Waals surface area contributed by atoms with Gasteiger partial charge in [-0.1, -0.05) is 35.9 Å². The van der Waals surface area contributed by atoms with E-state index in [1.807, 2.05) is 31.2 Å². The van der Waals surface area contributed by atoms with Crippen molar-refractivity contribution in [3.63, 3.8) is 0 Å². The van der Waals surface area contributed by atoms with Gasteiger partial charge in [0.05, 0.1) is 13.2 Å². The molecule has 5 N–H and O–H groups in total. The van der Waals surface area contributed by atoms with Crippen LogP contribution in [0.25, 0.3) is 0 Å². The Morgan fingerprint density at radius 3 is 2.22 bits per heavy atom. The van der Waals surface area contributed by atoms with Crippen molar-refractivity contribution < 1.29 is 39.8 Å². The Hall–Kier alpha value is -2.20. The summed E-state index contributed by atoms with van der Waals surface area (Å²) in [6, 6.07) is 12.2. The topological polar surface area (TPSA) is 137 Å². The highest BCUT2D eigenvalue weighted by Gasteiger charge is 2.37. The van der Waals surface area contributed by atoms with Crippen LogP contribution in [-0.4, -0.2) is 69.1 Å². The van der Waals surface area contributed by atoms with Crippen LogP contribution in [0.1, 0.15) is 36.6 Å². The lowest BCUT2D eigenvalue weighted by molar-refractivity contribution is -0.170. The van der Waals surface area contributed by atoms with Gasteiger partial charge in [0.25, 0.3) is 0 Å². The smallest absolute Gasteiger partial charge is 0.303 e. The van der Waals surface area contributed by atoms with Crippen molar-refractivity contribution in [2.24, 2.45) is 0 Å². The van der Waals surface area contributed by atoms with Crippen LogP contribution >= 0.6 is 11.6 Å². The van der Waals surface area contributed by atoms with Crippen LogP contribution in [0.5, 0.6) is 5.75 Å². The summed E-state index contributed by atoms with van der Waals surface area (Å²) in [4.78, 5) is 11.6. The summed E-state index contributed by atoms with van der Waals surface area (Å²) in [5.41, 5.74) is 1.96. The highest BCUT2D eigenvalue weighted by Crippen LogP contribution is 2.30. The average Bonchev–Trinajstić information content (AvgIpc) is 2.78. The molecule has 0 aromatic heterocycles. The number of hydrogen-bond donors (Lipinski definition) is 5. The number of hydrogen-bond acceptors (Lipinski definition) is 8. The largest absolute Gasteiger partial charge is 0.494 e. The predicted octanol–water partition coefficient (Wildman–Crippen LogP) is 1.37. The first-order valence-corrected chi connectivity index (χ1v) is 10.6. The Morgan fingerprint density at radius 2 is 1.66 bits per heavy atom. The van der Waals surface area contributed by atoms with Crippen molar-refractivity contribution >= 4 is 17.6 Å². The molecule has 32 heavy (non-hydrogen) atoms. The molecule has 0 spiro atoms. The molecule has 5 atom stereocenters. The first-order chi connectivity index (χ1) is 15.2. The summed E-state index contributed by atoms with van der Waals surface area (Å²) in [5, 5.41) is 49.8. The van der Waals surface area contributed by atoms with Gasteiger partial charge in [-0.05, 0) is 48.2 Å². The van der Waals surface area contributed by atoms with E-state index in [2.05, 4.69) is 0 Å². The molecule has 0 amide bonds. The normalized spacial score (nSPS) is 16.0. The zero-order valence-corrected chi connectivity index (χ0v) is 18.6. The van der Waals surface area contributed by atoms with E-state index in [9.17, 15) is 25.2 Å². The van der Waals surface area contributed by atoms with Gasteiger partial charge in [-0.3, -0.25) is 4.79 Å². The van der Waals surface area contributed by atoms with Gasteiger partial charge in [-0.2, -0.15) is 0 Å². The molecule has 2 rings (SSSR count). The molecule has 0 aliphatic heterocycles. The molecule has 2 aromatic carbocycles. The molecule has 0 saturated heterocycles. The Balaban J connectivity index is 2.31. The van der Waals surface area contributed by atoms with Gasteiger partial charge in [0.2, 0.25) is 0 Å². The number of esters is 1. The van der Waals surface area contributed by atoms with Crippen LogP contribution in [-0.2, 0) is 16.0 Å². The Morgan fingerprint density at radius 1 is 1.00 bits per heavy atom. The second-order valence-corrected chi connectivity index (χ2v) is 7.76. The van der Waals surface area contributed by atoms with Crippen LogP contribution in [0.15, 0.2) is 42.5 Å². The van der Waals surface area contributed by atoms with Crippen LogP contribution in [0, 0.1) is 0 Å². The Bertz CT molecular complexity index is 873. The van der Waals surface area contributed by atoms with E-state index in [1.165, 1.54) is 6.07 Å². The molecule has 0 heterocycles. The minimum absolute atomic E-state index is 0.336. The maximum Gasteiger partial charge on any atom is 0.303 e. The minimum Gasteiger partial charge on any atom is -0.494 e. The van der Waals surface area contributed by atoms with Crippen molar-refractivity contribution in [1.82, 2.24) is 0 Å². The fourth-order valence-electron chi connectivity index (χ4n) is 3.23. The van der Waals surface area contributed by atoms with Gasteiger partial charge >= 0.3 is 5.97 Å². The van der Waals surface area contributed by atoms with Crippen molar-refractivity contribution in [1.29, 1.82) is 0 Å². The lowest BCUT2D eigenvalue weighted by Crippen LogP contribution is -2.48. The predicted molar refractivity (Wildman–Crippen MR) is 117 cm³/mol. The van der Waals surface area contributed by atoms with Crippen molar-refractivity contribution in [3.8, 4) is 5.75 Å². The number of carbonyl (C=O) groups excluding carboxylic acids is 1. The highest BCUT2D eigenvalue weighted by molar-refractivity contribution is 6.31. The van der Waals surface area contributed by atoms with E-state index in [0.29, 0.717) is 29.2 Å². The minimum atomic E-state index is -1.90. The van der Waals surface area contributed by atoms with E-state index in [0.717, 1.165) is 18.2 Å². The summed E-state index contributed by atoms with van der Waals surface area (Å²) >= 11 is 6.35. The number of aliphatic hydroxyl groups excluding tert-OH is 5. The Kier molecular flexibility index (Phi) is 9.89.